The van der Waals surface area contributed by atoms with E-state index in [0.29, 0.717) is 0 Å². The zero-order valence-corrected chi connectivity index (χ0v) is 9.88. The SMILES string of the molecule is O=C([O-])c1ccccc1NC(=O)C(C(F)(F)F)C(F)(F)F. The van der Waals surface area contributed by atoms with Crippen LogP contribution >= 0.6 is 0 Å². The molecule has 1 aromatic carbocycles. The second-order valence-electron chi connectivity index (χ2n) is 3.84. The fraction of sp³-hybridized carbons (Fsp3) is 0.273. The average Bonchev–Trinajstić information content (AvgIpc) is 2.24. The van der Waals surface area contributed by atoms with Gasteiger partial charge in [0.25, 0.3) is 0 Å². The van der Waals surface area contributed by atoms with Crippen molar-refractivity contribution in [1.29, 1.82) is 0 Å². The number of alkyl halides is 6. The van der Waals surface area contributed by atoms with Gasteiger partial charge < -0.3 is 15.2 Å². The maximum atomic E-state index is 12.3. The van der Waals surface area contributed by atoms with Gasteiger partial charge in [0.05, 0.1) is 5.97 Å². The fourth-order valence-corrected chi connectivity index (χ4v) is 1.46. The molecule has 0 bridgehead atoms. The van der Waals surface area contributed by atoms with Gasteiger partial charge in [0.1, 0.15) is 0 Å². The Kier molecular flexibility index (Phi) is 4.49. The van der Waals surface area contributed by atoms with Crippen LogP contribution in [0.25, 0.3) is 0 Å². The lowest BCUT2D eigenvalue weighted by Crippen LogP contribution is -2.45. The van der Waals surface area contributed by atoms with Gasteiger partial charge in [-0.3, -0.25) is 4.79 Å². The van der Waals surface area contributed by atoms with E-state index in [-0.39, 0.29) is 0 Å². The summed E-state index contributed by atoms with van der Waals surface area (Å²) in [4.78, 5) is 21.9. The fourth-order valence-electron chi connectivity index (χ4n) is 1.46. The molecule has 0 unspecified atom stereocenters. The Labute approximate surface area is 113 Å². The Balaban J connectivity index is 3.12. The van der Waals surface area contributed by atoms with Gasteiger partial charge in [-0.05, 0) is 6.07 Å². The molecular weight excluding hydrogens is 308 g/mol. The highest BCUT2D eigenvalue weighted by Gasteiger charge is 2.61. The van der Waals surface area contributed by atoms with E-state index in [4.69, 9.17) is 0 Å². The van der Waals surface area contributed by atoms with E-state index < -0.39 is 41.4 Å². The standard InChI is InChI=1S/C11H7F6NO3/c12-10(13,14)7(11(15,16)17)8(19)18-6-4-2-1-3-5(6)9(20)21/h1-4,7H,(H,18,19)(H,20,21)/p-1. The van der Waals surface area contributed by atoms with Crippen LogP contribution in [0.5, 0.6) is 0 Å². The molecule has 0 aliphatic carbocycles. The van der Waals surface area contributed by atoms with Crippen LogP contribution in [0.3, 0.4) is 0 Å². The van der Waals surface area contributed by atoms with Crippen molar-refractivity contribution in [2.45, 2.75) is 12.4 Å². The van der Waals surface area contributed by atoms with Crippen LogP contribution in [0, 0.1) is 5.92 Å². The number of halogens is 6. The van der Waals surface area contributed by atoms with E-state index in [0.717, 1.165) is 24.3 Å². The molecule has 0 saturated carbocycles. The van der Waals surface area contributed by atoms with E-state index in [1.54, 1.807) is 0 Å². The average molecular weight is 314 g/mol. The number of hydrogen-bond acceptors (Lipinski definition) is 3. The highest BCUT2D eigenvalue weighted by molar-refractivity contribution is 6.00. The van der Waals surface area contributed by atoms with Crippen molar-refractivity contribution in [1.82, 2.24) is 0 Å². The van der Waals surface area contributed by atoms with Crippen LogP contribution in [-0.4, -0.2) is 24.2 Å². The second kappa shape index (κ2) is 5.62. The van der Waals surface area contributed by atoms with E-state index in [1.807, 2.05) is 0 Å². The molecule has 0 heterocycles. The quantitative estimate of drug-likeness (QED) is 0.864. The highest BCUT2D eigenvalue weighted by Crippen LogP contribution is 2.40. The minimum atomic E-state index is -5.86. The third-order valence-corrected chi connectivity index (χ3v) is 2.32. The molecule has 0 saturated heterocycles. The Morgan fingerprint density at radius 3 is 1.90 bits per heavy atom. The lowest BCUT2D eigenvalue weighted by atomic mass is 10.1. The summed E-state index contributed by atoms with van der Waals surface area (Å²) in [6.45, 7) is 0. The van der Waals surface area contributed by atoms with Crippen LogP contribution in [-0.2, 0) is 4.79 Å². The third kappa shape index (κ3) is 4.10. The molecule has 0 spiro atoms. The summed E-state index contributed by atoms with van der Waals surface area (Å²) in [5, 5.41) is 12.0. The summed E-state index contributed by atoms with van der Waals surface area (Å²) in [7, 11) is 0. The first-order chi connectivity index (χ1) is 9.44. The number of nitrogens with one attached hydrogen (secondary N) is 1. The van der Waals surface area contributed by atoms with Crippen LogP contribution < -0.4 is 10.4 Å². The molecule has 0 aliphatic heterocycles. The molecule has 1 amide bonds. The van der Waals surface area contributed by atoms with E-state index in [9.17, 15) is 41.0 Å². The van der Waals surface area contributed by atoms with E-state index in [2.05, 4.69) is 0 Å². The number of hydrogen-bond donors (Lipinski definition) is 1. The second-order valence-corrected chi connectivity index (χ2v) is 3.84. The van der Waals surface area contributed by atoms with Crippen molar-refractivity contribution in [2.24, 2.45) is 5.92 Å². The molecule has 1 aromatic rings. The van der Waals surface area contributed by atoms with Crippen molar-refractivity contribution in [3.8, 4) is 0 Å². The molecule has 10 heteroatoms. The molecule has 0 aromatic heterocycles. The van der Waals surface area contributed by atoms with Gasteiger partial charge in [0, 0.05) is 11.3 Å². The van der Waals surface area contributed by atoms with Crippen LogP contribution in [0.1, 0.15) is 10.4 Å². The van der Waals surface area contributed by atoms with Gasteiger partial charge in [-0.1, -0.05) is 18.2 Å². The predicted octanol–water partition coefficient (Wildman–Crippen LogP) is 1.73. The largest absolute Gasteiger partial charge is 0.545 e. The number of para-hydroxylation sites is 1. The maximum absolute atomic E-state index is 12.3. The number of anilines is 1. The Morgan fingerprint density at radius 1 is 1.00 bits per heavy atom. The molecule has 1 N–H and O–H groups in total. The first kappa shape index (κ1) is 16.8. The van der Waals surface area contributed by atoms with Crippen molar-refractivity contribution in [3.05, 3.63) is 29.8 Å². The number of aromatic carboxylic acids is 1. The minimum absolute atomic E-state index is 0.721. The summed E-state index contributed by atoms with van der Waals surface area (Å²) in [6.07, 6.45) is -11.7. The topological polar surface area (TPSA) is 69.2 Å². The number of carboxylic acid groups (broad SMARTS) is 1. The third-order valence-electron chi connectivity index (χ3n) is 2.32. The summed E-state index contributed by atoms with van der Waals surface area (Å²) in [5.74, 6) is -8.55. The van der Waals surface area contributed by atoms with Gasteiger partial charge >= 0.3 is 12.4 Å². The summed E-state index contributed by atoms with van der Waals surface area (Å²) in [5.41, 5.74) is -1.46. The van der Waals surface area contributed by atoms with Crippen molar-refractivity contribution in [3.63, 3.8) is 0 Å². The molecule has 21 heavy (non-hydrogen) atoms. The van der Waals surface area contributed by atoms with Crippen LogP contribution in [0.15, 0.2) is 24.3 Å². The number of rotatable bonds is 3. The summed E-state index contributed by atoms with van der Waals surface area (Å²) >= 11 is 0. The molecule has 0 fully saturated rings. The van der Waals surface area contributed by atoms with Gasteiger partial charge in [-0.25, -0.2) is 0 Å². The van der Waals surface area contributed by atoms with Crippen molar-refractivity contribution < 1.29 is 41.0 Å². The molecule has 116 valence electrons. The molecular formula is C11H6F6NO3-. The Morgan fingerprint density at radius 2 is 1.48 bits per heavy atom. The molecule has 0 atom stereocenters. The first-order valence-corrected chi connectivity index (χ1v) is 5.19. The Hall–Kier alpha value is -2.26. The van der Waals surface area contributed by atoms with Crippen molar-refractivity contribution >= 4 is 17.6 Å². The zero-order valence-electron chi connectivity index (χ0n) is 9.88. The number of carbonyl (C=O) groups is 2. The number of benzene rings is 1. The van der Waals surface area contributed by atoms with Crippen LogP contribution in [0.2, 0.25) is 0 Å². The van der Waals surface area contributed by atoms with Gasteiger partial charge in [0.2, 0.25) is 11.8 Å². The normalized spacial score (nSPS) is 12.3. The van der Waals surface area contributed by atoms with E-state index >= 15 is 0 Å². The number of carboxylic acids is 1. The smallest absolute Gasteiger partial charge is 0.409 e. The predicted molar refractivity (Wildman–Crippen MR) is 55.0 cm³/mol. The summed E-state index contributed by atoms with van der Waals surface area (Å²) < 4.78 is 73.9. The lowest BCUT2D eigenvalue weighted by molar-refractivity contribution is -0.272. The van der Waals surface area contributed by atoms with Gasteiger partial charge in [-0.2, -0.15) is 26.3 Å². The minimum Gasteiger partial charge on any atom is -0.545 e. The lowest BCUT2D eigenvalue weighted by Gasteiger charge is -2.22. The summed E-state index contributed by atoms with van der Waals surface area (Å²) in [6, 6.07) is 3.98. The molecule has 0 radical (unpaired) electrons. The maximum Gasteiger partial charge on any atom is 0.409 e. The first-order valence-electron chi connectivity index (χ1n) is 5.19. The molecule has 1 rings (SSSR count). The molecule has 4 nitrogen and oxygen atoms in total. The monoisotopic (exact) mass is 314 g/mol. The Bertz CT molecular complexity index is 538. The van der Waals surface area contributed by atoms with Crippen molar-refractivity contribution in [2.75, 3.05) is 5.32 Å². The highest BCUT2D eigenvalue weighted by atomic mass is 19.4. The van der Waals surface area contributed by atoms with Gasteiger partial charge in [0.15, 0.2) is 0 Å². The molecule has 0 aliphatic rings. The zero-order chi connectivity index (χ0) is 16.4. The van der Waals surface area contributed by atoms with Gasteiger partial charge in [-0.15, -0.1) is 0 Å². The number of amides is 1. The number of carbonyl (C=O) groups excluding carboxylic acids is 2. The van der Waals surface area contributed by atoms with Crippen LogP contribution in [0.4, 0.5) is 32.0 Å². The van der Waals surface area contributed by atoms with E-state index in [1.165, 1.54) is 5.32 Å².